The largest absolute Gasteiger partial charge is 0.348 e. The number of rotatable bonds is 3. The van der Waals surface area contributed by atoms with Crippen molar-refractivity contribution in [1.82, 2.24) is 9.88 Å². The van der Waals surface area contributed by atoms with Gasteiger partial charge in [-0.1, -0.05) is 15.9 Å². The first-order valence-corrected chi connectivity index (χ1v) is 8.53. The highest BCUT2D eigenvalue weighted by atomic mass is 79.9. The second-order valence-electron chi connectivity index (χ2n) is 5.15. The highest BCUT2D eigenvalue weighted by Gasteiger charge is 2.34. The van der Waals surface area contributed by atoms with E-state index in [1.54, 1.807) is 18.2 Å². The van der Waals surface area contributed by atoms with Gasteiger partial charge < -0.3 is 4.57 Å². The predicted molar refractivity (Wildman–Crippen MR) is 100 cm³/mol. The molecule has 1 aliphatic rings. The van der Waals surface area contributed by atoms with Crippen LogP contribution >= 0.6 is 28.1 Å². The van der Waals surface area contributed by atoms with Crippen LogP contribution in [0.5, 0.6) is 0 Å². The van der Waals surface area contributed by atoms with Gasteiger partial charge in [0.2, 0.25) is 0 Å². The van der Waals surface area contributed by atoms with E-state index < -0.39 is 11.8 Å². The Morgan fingerprint density at radius 2 is 1.92 bits per heavy atom. The van der Waals surface area contributed by atoms with E-state index in [0.29, 0.717) is 5.69 Å². The number of nitrogens with zero attached hydrogens (tertiary/aromatic N) is 2. The van der Waals surface area contributed by atoms with Gasteiger partial charge in [-0.15, -0.1) is 0 Å². The quantitative estimate of drug-likeness (QED) is 0.486. The van der Waals surface area contributed by atoms with Crippen LogP contribution in [0.2, 0.25) is 0 Å². The Balaban J connectivity index is 2.01. The molecule has 1 N–H and O–H groups in total. The lowest BCUT2D eigenvalue weighted by molar-refractivity contribution is -0.122. The van der Waals surface area contributed by atoms with Crippen molar-refractivity contribution in [3.05, 3.63) is 58.3 Å². The van der Waals surface area contributed by atoms with Crippen LogP contribution in [0.15, 0.2) is 52.6 Å². The zero-order chi connectivity index (χ0) is 17.3. The Bertz CT molecular complexity index is 855. The van der Waals surface area contributed by atoms with Crippen LogP contribution in [-0.2, 0) is 16.1 Å². The number of carbonyl (C=O) groups excluding carboxylic acids is 2. The van der Waals surface area contributed by atoms with Crippen LogP contribution in [0.4, 0.5) is 5.69 Å². The molecule has 0 unspecified atom stereocenters. The molecule has 0 aliphatic carbocycles. The molecule has 0 spiro atoms. The summed E-state index contributed by atoms with van der Waals surface area (Å²) < 4.78 is 2.84. The highest BCUT2D eigenvalue weighted by Crippen LogP contribution is 2.23. The minimum atomic E-state index is -0.484. The van der Waals surface area contributed by atoms with Crippen molar-refractivity contribution < 1.29 is 9.59 Å². The van der Waals surface area contributed by atoms with E-state index in [0.717, 1.165) is 16.7 Å². The summed E-state index contributed by atoms with van der Waals surface area (Å²) in [7, 11) is 0. The van der Waals surface area contributed by atoms with Crippen LogP contribution in [0.25, 0.3) is 6.08 Å². The van der Waals surface area contributed by atoms with E-state index in [9.17, 15) is 9.59 Å². The molecule has 7 heteroatoms. The van der Waals surface area contributed by atoms with Crippen molar-refractivity contribution in [3.63, 3.8) is 0 Å². The molecule has 3 rings (SSSR count). The van der Waals surface area contributed by atoms with E-state index in [1.807, 2.05) is 42.0 Å². The number of thiocarbonyl (C=S) groups is 1. The third-order valence-corrected chi connectivity index (χ3v) is 4.50. The summed E-state index contributed by atoms with van der Waals surface area (Å²) in [4.78, 5) is 26.4. The Morgan fingerprint density at radius 3 is 2.58 bits per heavy atom. The standard InChI is InChI=1S/C17H14BrN3O2S/c1-2-20-9-3-4-13(20)10-14-15(22)19-17(24)21(16(14)23)12-7-5-11(18)6-8-12/h3-10H,2H2,1H3,(H,19,22,24)/b14-10+. The molecule has 5 nitrogen and oxygen atoms in total. The molecule has 1 saturated heterocycles. The van der Waals surface area contributed by atoms with Crippen LogP contribution in [0, 0.1) is 0 Å². The van der Waals surface area contributed by atoms with E-state index in [1.165, 1.54) is 4.90 Å². The SMILES string of the molecule is CCn1cccc1/C=C1\C(=O)NC(=S)N(c2ccc(Br)cc2)C1=O. The highest BCUT2D eigenvalue weighted by molar-refractivity contribution is 9.10. The lowest BCUT2D eigenvalue weighted by Crippen LogP contribution is -2.54. The number of halogens is 1. The molecular weight excluding hydrogens is 390 g/mol. The molecule has 122 valence electrons. The topological polar surface area (TPSA) is 54.3 Å². The summed E-state index contributed by atoms with van der Waals surface area (Å²) in [5, 5.41) is 2.66. The zero-order valence-corrected chi connectivity index (χ0v) is 15.2. The molecule has 1 aromatic heterocycles. The summed E-state index contributed by atoms with van der Waals surface area (Å²) in [6, 6.07) is 10.9. The lowest BCUT2D eigenvalue weighted by atomic mass is 10.1. The number of anilines is 1. The van der Waals surface area contributed by atoms with Gasteiger partial charge in [-0.25, -0.2) is 0 Å². The Morgan fingerprint density at radius 1 is 1.21 bits per heavy atom. The second-order valence-corrected chi connectivity index (χ2v) is 6.46. The fraction of sp³-hybridized carbons (Fsp3) is 0.118. The van der Waals surface area contributed by atoms with Crippen molar-refractivity contribution in [2.75, 3.05) is 4.90 Å². The maximum absolute atomic E-state index is 12.8. The summed E-state index contributed by atoms with van der Waals surface area (Å²) in [5.74, 6) is -0.919. The number of aryl methyl sites for hydroxylation is 1. The molecule has 0 saturated carbocycles. The third-order valence-electron chi connectivity index (χ3n) is 3.68. The number of nitrogens with one attached hydrogen (secondary N) is 1. The molecular formula is C17H14BrN3O2S. The first-order valence-electron chi connectivity index (χ1n) is 7.33. The Labute approximate surface area is 153 Å². The van der Waals surface area contributed by atoms with E-state index in [2.05, 4.69) is 21.2 Å². The molecule has 2 aromatic rings. The van der Waals surface area contributed by atoms with Gasteiger partial charge >= 0.3 is 0 Å². The van der Waals surface area contributed by atoms with Crippen molar-refractivity contribution in [3.8, 4) is 0 Å². The summed E-state index contributed by atoms with van der Waals surface area (Å²) in [6.45, 7) is 2.74. The minimum absolute atomic E-state index is 0.0555. The molecule has 1 fully saturated rings. The van der Waals surface area contributed by atoms with Crippen molar-refractivity contribution >= 4 is 56.8 Å². The lowest BCUT2D eigenvalue weighted by Gasteiger charge is -2.29. The second kappa shape index (κ2) is 6.70. The molecule has 2 heterocycles. The molecule has 1 aliphatic heterocycles. The minimum Gasteiger partial charge on any atom is -0.348 e. The Kier molecular flexibility index (Phi) is 4.64. The fourth-order valence-corrected chi connectivity index (χ4v) is 3.02. The van der Waals surface area contributed by atoms with Crippen molar-refractivity contribution in [2.24, 2.45) is 0 Å². The zero-order valence-electron chi connectivity index (χ0n) is 12.8. The van der Waals surface area contributed by atoms with Crippen LogP contribution in [0.3, 0.4) is 0 Å². The van der Waals surface area contributed by atoms with Gasteiger partial charge in [0.05, 0.1) is 5.69 Å². The van der Waals surface area contributed by atoms with Crippen LogP contribution in [0.1, 0.15) is 12.6 Å². The van der Waals surface area contributed by atoms with Crippen LogP contribution < -0.4 is 10.2 Å². The van der Waals surface area contributed by atoms with Gasteiger partial charge in [-0.05, 0) is 61.6 Å². The summed E-state index contributed by atoms with van der Waals surface area (Å²) >= 11 is 8.53. The number of hydrogen-bond donors (Lipinski definition) is 1. The fourth-order valence-electron chi connectivity index (χ4n) is 2.48. The summed E-state index contributed by atoms with van der Waals surface area (Å²) in [5.41, 5.74) is 1.45. The summed E-state index contributed by atoms with van der Waals surface area (Å²) in [6.07, 6.45) is 3.49. The monoisotopic (exact) mass is 403 g/mol. The number of aromatic nitrogens is 1. The van der Waals surface area contributed by atoms with E-state index >= 15 is 0 Å². The maximum atomic E-state index is 12.8. The Hall–Kier alpha value is -2.25. The molecule has 0 radical (unpaired) electrons. The first kappa shape index (κ1) is 16.6. The molecule has 2 amide bonds. The van der Waals surface area contributed by atoms with E-state index in [4.69, 9.17) is 12.2 Å². The average Bonchev–Trinajstić information content (AvgIpc) is 3.00. The maximum Gasteiger partial charge on any atom is 0.270 e. The van der Waals surface area contributed by atoms with E-state index in [-0.39, 0.29) is 10.7 Å². The van der Waals surface area contributed by atoms with Gasteiger partial charge in [-0.3, -0.25) is 19.8 Å². The third kappa shape index (κ3) is 3.05. The number of benzene rings is 1. The normalized spacial score (nSPS) is 16.7. The first-order chi connectivity index (χ1) is 11.5. The number of hydrogen-bond acceptors (Lipinski definition) is 3. The number of amides is 2. The molecule has 0 atom stereocenters. The molecule has 24 heavy (non-hydrogen) atoms. The predicted octanol–water partition coefficient (Wildman–Crippen LogP) is 3.10. The average molecular weight is 404 g/mol. The molecule has 0 bridgehead atoms. The van der Waals surface area contributed by atoms with Crippen molar-refractivity contribution in [2.45, 2.75) is 13.5 Å². The van der Waals surface area contributed by atoms with Crippen molar-refractivity contribution in [1.29, 1.82) is 0 Å². The smallest absolute Gasteiger partial charge is 0.270 e. The van der Waals surface area contributed by atoms with Gasteiger partial charge in [-0.2, -0.15) is 0 Å². The molecule has 1 aromatic carbocycles. The van der Waals surface area contributed by atoms with Gasteiger partial charge in [0.25, 0.3) is 11.8 Å². The van der Waals surface area contributed by atoms with Gasteiger partial charge in [0.1, 0.15) is 5.57 Å². The van der Waals surface area contributed by atoms with Crippen LogP contribution in [-0.4, -0.2) is 21.5 Å². The number of carbonyl (C=O) groups is 2. The van der Waals surface area contributed by atoms with Gasteiger partial charge in [0.15, 0.2) is 5.11 Å². The van der Waals surface area contributed by atoms with Gasteiger partial charge in [0, 0.05) is 22.9 Å².